The first-order chi connectivity index (χ1) is 7.28. The van der Waals surface area contributed by atoms with Crippen molar-refractivity contribution in [2.45, 2.75) is 18.9 Å². The molecule has 0 aromatic rings. The highest BCUT2D eigenvalue weighted by molar-refractivity contribution is 5.25. The van der Waals surface area contributed by atoms with E-state index in [1.165, 1.54) is 18.7 Å². The Labute approximate surface area is 91.1 Å². The molecule has 3 nitrogen and oxygen atoms in total. The minimum atomic E-state index is 0.0711. The van der Waals surface area contributed by atoms with Crippen LogP contribution in [0.3, 0.4) is 0 Å². The van der Waals surface area contributed by atoms with Gasteiger partial charge in [0.2, 0.25) is 0 Å². The van der Waals surface area contributed by atoms with E-state index in [4.69, 9.17) is 5.26 Å². The molecule has 1 unspecified atom stereocenters. The molecule has 1 saturated heterocycles. The number of hydrogen-bond donors (Lipinski definition) is 1. The molecule has 1 N–H and O–H groups in total. The lowest BCUT2D eigenvalue weighted by molar-refractivity contribution is 0.404. The summed E-state index contributed by atoms with van der Waals surface area (Å²) in [5.41, 5.74) is 1.18. The van der Waals surface area contributed by atoms with Crippen molar-refractivity contribution < 1.29 is 0 Å². The third kappa shape index (κ3) is 2.60. The predicted molar refractivity (Wildman–Crippen MR) is 60.0 cm³/mol. The Hall–Kier alpha value is -1.27. The molecular weight excluding hydrogens is 186 g/mol. The van der Waals surface area contributed by atoms with E-state index in [1.54, 1.807) is 0 Å². The maximum Gasteiger partial charge on any atom is 0.0700 e. The first-order valence-electron chi connectivity index (χ1n) is 5.51. The molecule has 1 aliphatic heterocycles. The fourth-order valence-corrected chi connectivity index (χ4v) is 2.11. The van der Waals surface area contributed by atoms with Crippen LogP contribution in [0.25, 0.3) is 0 Å². The average Bonchev–Trinajstić information content (AvgIpc) is 2.65. The van der Waals surface area contributed by atoms with Crippen molar-refractivity contribution in [2.75, 3.05) is 20.1 Å². The summed E-state index contributed by atoms with van der Waals surface area (Å²) >= 11 is 0. The lowest BCUT2D eigenvalue weighted by Crippen LogP contribution is -2.30. The topological polar surface area (TPSA) is 39.1 Å². The molecule has 2 rings (SSSR count). The second kappa shape index (κ2) is 4.50. The number of nitrogens with one attached hydrogen (secondary N) is 1. The summed E-state index contributed by atoms with van der Waals surface area (Å²) in [6, 6.07) is 2.83. The molecule has 1 heterocycles. The van der Waals surface area contributed by atoms with E-state index in [0.29, 0.717) is 6.04 Å². The van der Waals surface area contributed by atoms with Gasteiger partial charge < -0.3 is 10.2 Å². The van der Waals surface area contributed by atoms with Gasteiger partial charge in [0.15, 0.2) is 0 Å². The zero-order chi connectivity index (χ0) is 10.7. The molecule has 0 aromatic carbocycles. The SMILES string of the molecule is CN1CC[C@@H](NC2=CCC(C#N)C=C2)C1. The van der Waals surface area contributed by atoms with Gasteiger partial charge in [-0.1, -0.05) is 12.2 Å². The monoisotopic (exact) mass is 203 g/mol. The van der Waals surface area contributed by atoms with Gasteiger partial charge in [-0.3, -0.25) is 0 Å². The summed E-state index contributed by atoms with van der Waals surface area (Å²) in [6.45, 7) is 2.29. The predicted octanol–water partition coefficient (Wildman–Crippen LogP) is 1.26. The summed E-state index contributed by atoms with van der Waals surface area (Å²) in [6.07, 6.45) is 8.21. The van der Waals surface area contributed by atoms with Crippen LogP contribution in [-0.4, -0.2) is 31.1 Å². The van der Waals surface area contributed by atoms with Gasteiger partial charge in [-0.25, -0.2) is 0 Å². The number of nitriles is 1. The zero-order valence-corrected chi connectivity index (χ0v) is 9.11. The Morgan fingerprint density at radius 1 is 1.60 bits per heavy atom. The smallest absolute Gasteiger partial charge is 0.0700 e. The largest absolute Gasteiger partial charge is 0.381 e. The molecule has 3 heteroatoms. The summed E-state index contributed by atoms with van der Waals surface area (Å²) in [5, 5.41) is 12.3. The Morgan fingerprint density at radius 3 is 3.00 bits per heavy atom. The van der Waals surface area contributed by atoms with Crippen LogP contribution in [0.15, 0.2) is 23.9 Å². The maximum absolute atomic E-state index is 8.74. The van der Waals surface area contributed by atoms with Gasteiger partial charge in [-0.05, 0) is 32.5 Å². The number of likely N-dealkylation sites (tertiary alicyclic amines) is 1. The van der Waals surface area contributed by atoms with Crippen LogP contribution < -0.4 is 5.32 Å². The van der Waals surface area contributed by atoms with Gasteiger partial charge in [0.25, 0.3) is 0 Å². The molecule has 2 aliphatic rings. The van der Waals surface area contributed by atoms with E-state index in [-0.39, 0.29) is 5.92 Å². The van der Waals surface area contributed by atoms with Crippen LogP contribution in [0.5, 0.6) is 0 Å². The minimum Gasteiger partial charge on any atom is -0.381 e. The van der Waals surface area contributed by atoms with Gasteiger partial charge >= 0.3 is 0 Å². The summed E-state index contributed by atoms with van der Waals surface area (Å²) in [7, 11) is 2.15. The standard InChI is InChI=1S/C12H17N3/c1-15-7-6-12(9-15)14-11-4-2-10(8-13)3-5-11/h2,4-5,10,12,14H,3,6-7,9H2,1H3/t10?,12-/m1/s1. The first kappa shape index (κ1) is 10.3. The normalized spacial score (nSPS) is 31.1. The molecule has 1 aliphatic carbocycles. The summed E-state index contributed by atoms with van der Waals surface area (Å²) in [5.74, 6) is 0.0711. The fraction of sp³-hybridized carbons (Fsp3) is 0.583. The molecule has 0 radical (unpaired) electrons. The zero-order valence-electron chi connectivity index (χ0n) is 9.11. The molecule has 0 amide bonds. The molecule has 1 fully saturated rings. The maximum atomic E-state index is 8.74. The Morgan fingerprint density at radius 2 is 2.47 bits per heavy atom. The second-order valence-electron chi connectivity index (χ2n) is 4.38. The van der Waals surface area contributed by atoms with Crippen molar-refractivity contribution in [3.05, 3.63) is 23.9 Å². The molecule has 0 aromatic heterocycles. The van der Waals surface area contributed by atoms with Crippen LogP contribution in [0.1, 0.15) is 12.8 Å². The van der Waals surface area contributed by atoms with Crippen molar-refractivity contribution in [1.82, 2.24) is 10.2 Å². The third-order valence-electron chi connectivity index (χ3n) is 3.03. The van der Waals surface area contributed by atoms with Gasteiger partial charge in [-0.15, -0.1) is 0 Å². The van der Waals surface area contributed by atoms with Crippen LogP contribution in [0.4, 0.5) is 0 Å². The number of likely N-dealkylation sites (N-methyl/N-ethyl adjacent to an activating group) is 1. The van der Waals surface area contributed by atoms with Gasteiger partial charge in [0.05, 0.1) is 12.0 Å². The van der Waals surface area contributed by atoms with E-state index >= 15 is 0 Å². The van der Waals surface area contributed by atoms with Crippen molar-refractivity contribution in [3.8, 4) is 6.07 Å². The van der Waals surface area contributed by atoms with E-state index in [0.717, 1.165) is 13.0 Å². The lowest BCUT2D eigenvalue weighted by atomic mass is 10.0. The molecule has 0 saturated carbocycles. The van der Waals surface area contributed by atoms with E-state index in [2.05, 4.69) is 29.4 Å². The Bertz CT molecular complexity index is 324. The van der Waals surface area contributed by atoms with Crippen molar-refractivity contribution in [1.29, 1.82) is 5.26 Å². The molecular formula is C12H17N3. The van der Waals surface area contributed by atoms with E-state index in [1.807, 2.05) is 12.2 Å². The molecule has 15 heavy (non-hydrogen) atoms. The van der Waals surface area contributed by atoms with Crippen LogP contribution >= 0.6 is 0 Å². The van der Waals surface area contributed by atoms with Crippen molar-refractivity contribution in [2.24, 2.45) is 5.92 Å². The molecule has 0 spiro atoms. The number of hydrogen-bond acceptors (Lipinski definition) is 3. The highest BCUT2D eigenvalue weighted by Gasteiger charge is 2.19. The van der Waals surface area contributed by atoms with Crippen LogP contribution in [0.2, 0.25) is 0 Å². The molecule has 80 valence electrons. The van der Waals surface area contributed by atoms with Gasteiger partial charge in [-0.2, -0.15) is 5.26 Å². The first-order valence-corrected chi connectivity index (χ1v) is 5.51. The Balaban J connectivity index is 1.85. The average molecular weight is 203 g/mol. The van der Waals surface area contributed by atoms with E-state index in [9.17, 15) is 0 Å². The number of nitrogens with zero attached hydrogens (tertiary/aromatic N) is 2. The Kier molecular flexibility index (Phi) is 3.08. The number of rotatable bonds is 2. The number of allylic oxidation sites excluding steroid dienone is 3. The van der Waals surface area contributed by atoms with Crippen molar-refractivity contribution >= 4 is 0 Å². The van der Waals surface area contributed by atoms with E-state index < -0.39 is 0 Å². The highest BCUT2D eigenvalue weighted by Crippen LogP contribution is 2.16. The van der Waals surface area contributed by atoms with Crippen LogP contribution in [0, 0.1) is 17.2 Å². The van der Waals surface area contributed by atoms with Gasteiger partial charge in [0, 0.05) is 18.3 Å². The lowest BCUT2D eigenvalue weighted by Gasteiger charge is -2.17. The quantitative estimate of drug-likeness (QED) is 0.734. The third-order valence-corrected chi connectivity index (χ3v) is 3.03. The highest BCUT2D eigenvalue weighted by atomic mass is 15.2. The second-order valence-corrected chi connectivity index (χ2v) is 4.38. The molecule has 2 atom stereocenters. The van der Waals surface area contributed by atoms with Crippen LogP contribution in [-0.2, 0) is 0 Å². The van der Waals surface area contributed by atoms with Gasteiger partial charge in [0.1, 0.15) is 0 Å². The summed E-state index contributed by atoms with van der Waals surface area (Å²) in [4.78, 5) is 2.34. The fourth-order valence-electron chi connectivity index (χ4n) is 2.11. The minimum absolute atomic E-state index is 0.0711. The van der Waals surface area contributed by atoms with Crippen molar-refractivity contribution in [3.63, 3.8) is 0 Å². The summed E-state index contributed by atoms with van der Waals surface area (Å²) < 4.78 is 0. The molecule has 0 bridgehead atoms.